The molecule has 5 nitrogen and oxygen atoms in total. The predicted molar refractivity (Wildman–Crippen MR) is 149 cm³/mol. The van der Waals surface area contributed by atoms with Gasteiger partial charge in [0.1, 0.15) is 0 Å². The molecule has 0 saturated carbocycles. The number of carbonyl (C=O) groups is 2. The molecule has 0 aliphatic rings. The van der Waals surface area contributed by atoms with Gasteiger partial charge in [-0.3, -0.25) is 4.79 Å². The van der Waals surface area contributed by atoms with Gasteiger partial charge in [0.25, 0.3) is 0 Å². The Morgan fingerprint density at radius 2 is 1.39 bits per heavy atom. The first-order chi connectivity index (χ1) is 18.6. The molecule has 0 aliphatic carbocycles. The van der Waals surface area contributed by atoms with Crippen molar-refractivity contribution in [3.05, 3.63) is 149 Å². The summed E-state index contributed by atoms with van der Waals surface area (Å²) in [4.78, 5) is 26.3. The van der Waals surface area contributed by atoms with E-state index in [9.17, 15) is 9.59 Å². The van der Waals surface area contributed by atoms with Crippen molar-refractivity contribution in [2.24, 2.45) is 0 Å². The number of aromatic nitrogens is 2. The Hall–Kier alpha value is -4.74. The highest BCUT2D eigenvalue weighted by Gasteiger charge is 2.25. The fraction of sp³-hybridized carbons (Fsp3) is 0.0312. The smallest absolute Gasteiger partial charge is 0.331 e. The van der Waals surface area contributed by atoms with Crippen LogP contribution in [-0.2, 0) is 9.53 Å². The van der Waals surface area contributed by atoms with E-state index in [1.165, 1.54) is 6.08 Å². The standard InChI is InChI=1S/C32H23ClN2O3/c33-27-19-16-23(17-20-27)30-26(22-35(34-30)28-14-8-3-9-15-28)18-21-29(36)38-32(25-12-6-2-7-13-25)31(37)24-10-4-1-5-11-24/h1-22,32H/b21-18+/t32-/m0/s1. The molecule has 1 heterocycles. The molecule has 0 aliphatic heterocycles. The molecule has 0 saturated heterocycles. The monoisotopic (exact) mass is 518 g/mol. The van der Waals surface area contributed by atoms with Crippen LogP contribution in [-0.4, -0.2) is 21.5 Å². The lowest BCUT2D eigenvalue weighted by Gasteiger charge is -2.16. The maximum absolute atomic E-state index is 13.3. The Morgan fingerprint density at radius 1 is 0.789 bits per heavy atom. The summed E-state index contributed by atoms with van der Waals surface area (Å²) in [5.41, 5.74) is 4.17. The van der Waals surface area contributed by atoms with Gasteiger partial charge in [0.05, 0.1) is 11.4 Å². The Morgan fingerprint density at radius 3 is 2.05 bits per heavy atom. The molecule has 38 heavy (non-hydrogen) atoms. The van der Waals surface area contributed by atoms with Gasteiger partial charge in [-0.1, -0.05) is 103 Å². The van der Waals surface area contributed by atoms with E-state index in [1.807, 2.05) is 60.8 Å². The van der Waals surface area contributed by atoms with Crippen LogP contribution in [0.3, 0.4) is 0 Å². The van der Waals surface area contributed by atoms with E-state index in [2.05, 4.69) is 0 Å². The number of carbonyl (C=O) groups excluding carboxylic acids is 2. The normalized spacial score (nSPS) is 11.8. The summed E-state index contributed by atoms with van der Waals surface area (Å²) in [6, 6.07) is 34.8. The van der Waals surface area contributed by atoms with E-state index in [4.69, 9.17) is 21.4 Å². The summed E-state index contributed by atoms with van der Waals surface area (Å²) >= 11 is 6.08. The highest BCUT2D eigenvalue weighted by molar-refractivity contribution is 6.30. The number of halogens is 1. The van der Waals surface area contributed by atoms with Crippen molar-refractivity contribution in [2.75, 3.05) is 0 Å². The van der Waals surface area contributed by atoms with Gasteiger partial charge in [-0.05, 0) is 30.3 Å². The molecule has 5 aromatic rings. The van der Waals surface area contributed by atoms with E-state index in [0.717, 1.165) is 11.3 Å². The average molecular weight is 519 g/mol. The maximum atomic E-state index is 13.3. The zero-order valence-electron chi connectivity index (χ0n) is 20.3. The van der Waals surface area contributed by atoms with Crippen LogP contribution in [0.4, 0.5) is 0 Å². The first-order valence-electron chi connectivity index (χ1n) is 12.0. The van der Waals surface area contributed by atoms with Crippen LogP contribution in [0.15, 0.2) is 128 Å². The van der Waals surface area contributed by atoms with Gasteiger partial charge in [0.15, 0.2) is 6.10 Å². The Kier molecular flexibility index (Phi) is 7.57. The van der Waals surface area contributed by atoms with Crippen molar-refractivity contribution >= 4 is 29.4 Å². The second-order valence-electron chi connectivity index (χ2n) is 8.51. The lowest BCUT2D eigenvalue weighted by Crippen LogP contribution is -2.19. The number of ether oxygens (including phenoxy) is 1. The molecule has 0 bridgehead atoms. The van der Waals surface area contributed by atoms with E-state index in [-0.39, 0.29) is 5.78 Å². The number of ketones is 1. The SMILES string of the molecule is O=C(/C=C/c1cn(-c2ccccc2)nc1-c1ccc(Cl)cc1)O[C@H](C(=O)c1ccccc1)c1ccccc1. The molecule has 0 N–H and O–H groups in total. The largest absolute Gasteiger partial charge is 0.446 e. The second kappa shape index (κ2) is 11.5. The molecule has 186 valence electrons. The van der Waals surface area contributed by atoms with Crippen molar-refractivity contribution in [3.63, 3.8) is 0 Å². The molecule has 6 heteroatoms. The quantitative estimate of drug-likeness (QED) is 0.122. The highest BCUT2D eigenvalue weighted by atomic mass is 35.5. The molecule has 0 amide bonds. The van der Waals surface area contributed by atoms with Gasteiger partial charge in [0.2, 0.25) is 5.78 Å². The van der Waals surface area contributed by atoms with Crippen LogP contribution in [0.1, 0.15) is 27.6 Å². The molecule has 0 spiro atoms. The lowest BCUT2D eigenvalue weighted by molar-refractivity contribution is -0.141. The van der Waals surface area contributed by atoms with Gasteiger partial charge >= 0.3 is 5.97 Å². The van der Waals surface area contributed by atoms with Crippen LogP contribution < -0.4 is 0 Å². The van der Waals surface area contributed by atoms with E-state index < -0.39 is 12.1 Å². The molecule has 0 unspecified atom stereocenters. The molecule has 4 aromatic carbocycles. The van der Waals surface area contributed by atoms with Crippen molar-refractivity contribution in [2.45, 2.75) is 6.10 Å². The zero-order chi connectivity index (χ0) is 26.3. The third-order valence-corrected chi connectivity index (χ3v) is 6.16. The number of esters is 1. The third-order valence-electron chi connectivity index (χ3n) is 5.91. The molecular weight excluding hydrogens is 496 g/mol. The van der Waals surface area contributed by atoms with E-state index in [0.29, 0.717) is 27.4 Å². The first kappa shape index (κ1) is 24.9. The summed E-state index contributed by atoms with van der Waals surface area (Å²) in [6.07, 6.45) is 3.74. The van der Waals surface area contributed by atoms with Gasteiger partial charge in [-0.2, -0.15) is 5.10 Å². The number of rotatable bonds is 8. The first-order valence-corrected chi connectivity index (χ1v) is 12.4. The number of benzene rings is 4. The summed E-state index contributed by atoms with van der Waals surface area (Å²) < 4.78 is 7.46. The van der Waals surface area contributed by atoms with Crippen molar-refractivity contribution in [3.8, 4) is 16.9 Å². The summed E-state index contributed by atoms with van der Waals surface area (Å²) in [5.74, 6) is -0.935. The summed E-state index contributed by atoms with van der Waals surface area (Å²) in [7, 11) is 0. The van der Waals surface area contributed by atoms with Crippen LogP contribution in [0.5, 0.6) is 0 Å². The fourth-order valence-corrected chi connectivity index (χ4v) is 4.15. The number of para-hydroxylation sites is 1. The third kappa shape index (κ3) is 5.80. The van der Waals surface area contributed by atoms with Crippen LogP contribution >= 0.6 is 11.6 Å². The number of Topliss-reactive ketones (excluding diaryl/α,β-unsaturated/α-hetero) is 1. The van der Waals surface area contributed by atoms with Crippen LogP contribution in [0.25, 0.3) is 23.0 Å². The average Bonchev–Trinajstić information content (AvgIpc) is 3.40. The Balaban J connectivity index is 1.44. The Bertz CT molecular complexity index is 1560. The van der Waals surface area contributed by atoms with Crippen molar-refractivity contribution < 1.29 is 14.3 Å². The van der Waals surface area contributed by atoms with Gasteiger partial charge in [-0.15, -0.1) is 0 Å². The zero-order valence-corrected chi connectivity index (χ0v) is 21.0. The van der Waals surface area contributed by atoms with Gasteiger partial charge < -0.3 is 4.74 Å². The minimum atomic E-state index is -1.07. The van der Waals surface area contributed by atoms with Crippen molar-refractivity contribution in [1.82, 2.24) is 9.78 Å². The van der Waals surface area contributed by atoms with E-state index >= 15 is 0 Å². The molecule has 1 atom stereocenters. The summed E-state index contributed by atoms with van der Waals surface area (Å²) in [6.45, 7) is 0. The number of nitrogens with zero attached hydrogens (tertiary/aromatic N) is 2. The summed E-state index contributed by atoms with van der Waals surface area (Å²) in [5, 5.41) is 5.37. The minimum Gasteiger partial charge on any atom is -0.446 e. The molecule has 0 fully saturated rings. The molecule has 1 aromatic heterocycles. The van der Waals surface area contributed by atoms with Crippen LogP contribution in [0, 0.1) is 0 Å². The molecular formula is C32H23ClN2O3. The number of hydrogen-bond acceptors (Lipinski definition) is 4. The van der Waals surface area contributed by atoms with Crippen molar-refractivity contribution in [1.29, 1.82) is 0 Å². The topological polar surface area (TPSA) is 61.2 Å². The van der Waals surface area contributed by atoms with Crippen LogP contribution in [0.2, 0.25) is 5.02 Å². The highest BCUT2D eigenvalue weighted by Crippen LogP contribution is 2.27. The van der Waals surface area contributed by atoms with E-state index in [1.54, 1.807) is 71.4 Å². The van der Waals surface area contributed by atoms with Gasteiger partial charge in [0, 0.05) is 39.5 Å². The lowest BCUT2D eigenvalue weighted by atomic mass is 10.00. The fourth-order valence-electron chi connectivity index (χ4n) is 4.02. The number of hydrogen-bond donors (Lipinski definition) is 0. The van der Waals surface area contributed by atoms with Gasteiger partial charge in [-0.25, -0.2) is 9.48 Å². The minimum absolute atomic E-state index is 0.294. The molecule has 5 rings (SSSR count). The predicted octanol–water partition coefficient (Wildman–Crippen LogP) is 7.37. The molecule has 0 radical (unpaired) electrons. The Labute approximate surface area is 225 Å². The second-order valence-corrected chi connectivity index (χ2v) is 8.95. The maximum Gasteiger partial charge on any atom is 0.331 e.